The van der Waals surface area contributed by atoms with Crippen LogP contribution in [0.3, 0.4) is 0 Å². The highest BCUT2D eigenvalue weighted by Crippen LogP contribution is 2.22. The van der Waals surface area contributed by atoms with Crippen molar-refractivity contribution in [3.05, 3.63) is 59.9 Å². The molecule has 0 atom stereocenters. The van der Waals surface area contributed by atoms with Crippen LogP contribution in [0.5, 0.6) is 5.75 Å². The monoisotopic (exact) mass is 394 g/mol. The largest absolute Gasteiger partial charge is 0.508 e. The molecule has 2 saturated heterocycles. The molecule has 0 aliphatic carbocycles. The Bertz CT molecular complexity index is 798. The fourth-order valence-corrected chi connectivity index (χ4v) is 4.38. The topological polar surface area (TPSA) is 59.9 Å². The summed E-state index contributed by atoms with van der Waals surface area (Å²) in [6, 6.07) is 11.6. The molecule has 1 aromatic carbocycles. The summed E-state index contributed by atoms with van der Waals surface area (Å²) < 4.78 is 0. The summed E-state index contributed by atoms with van der Waals surface area (Å²) in [5.41, 5.74) is 2.40. The van der Waals surface area contributed by atoms with Gasteiger partial charge in [-0.05, 0) is 61.3 Å². The zero-order valence-corrected chi connectivity index (χ0v) is 16.9. The number of phenolic OH excluding ortho intramolecular Hbond substituents is 1. The molecule has 2 aliphatic rings. The van der Waals surface area contributed by atoms with Crippen LogP contribution < -0.4 is 0 Å². The Labute approximate surface area is 172 Å². The predicted molar refractivity (Wildman–Crippen MR) is 112 cm³/mol. The van der Waals surface area contributed by atoms with E-state index in [0.29, 0.717) is 11.7 Å². The van der Waals surface area contributed by atoms with Gasteiger partial charge in [-0.25, -0.2) is 0 Å². The number of hydrogen-bond donors (Lipinski definition) is 1. The highest BCUT2D eigenvalue weighted by Gasteiger charge is 2.30. The van der Waals surface area contributed by atoms with Crippen molar-refractivity contribution < 1.29 is 9.90 Å². The molecule has 1 aromatic heterocycles. The summed E-state index contributed by atoms with van der Waals surface area (Å²) in [6.45, 7) is 7.11. The third-order valence-electron chi connectivity index (χ3n) is 6.09. The van der Waals surface area contributed by atoms with Gasteiger partial charge in [-0.1, -0.05) is 12.1 Å². The molecule has 6 heteroatoms. The zero-order valence-electron chi connectivity index (χ0n) is 16.9. The van der Waals surface area contributed by atoms with Crippen molar-refractivity contribution in [2.45, 2.75) is 25.9 Å². The number of pyridine rings is 1. The lowest BCUT2D eigenvalue weighted by Gasteiger charge is -2.38. The first kappa shape index (κ1) is 19.9. The van der Waals surface area contributed by atoms with Gasteiger partial charge in [0, 0.05) is 57.6 Å². The minimum Gasteiger partial charge on any atom is -0.508 e. The van der Waals surface area contributed by atoms with E-state index in [4.69, 9.17) is 0 Å². The molecule has 154 valence electrons. The van der Waals surface area contributed by atoms with E-state index in [0.717, 1.165) is 70.8 Å². The molecule has 0 saturated carbocycles. The fourth-order valence-electron chi connectivity index (χ4n) is 4.38. The first-order valence-electron chi connectivity index (χ1n) is 10.6. The quantitative estimate of drug-likeness (QED) is 0.844. The van der Waals surface area contributed by atoms with Crippen LogP contribution in [0.4, 0.5) is 0 Å². The molecule has 0 bridgehead atoms. The summed E-state index contributed by atoms with van der Waals surface area (Å²) in [6.07, 6.45) is 5.58. The molecule has 0 radical (unpaired) electrons. The lowest BCUT2D eigenvalue weighted by atomic mass is 9.94. The van der Waals surface area contributed by atoms with Crippen LogP contribution >= 0.6 is 0 Å². The van der Waals surface area contributed by atoms with Crippen molar-refractivity contribution in [2.75, 3.05) is 39.3 Å². The van der Waals surface area contributed by atoms with Gasteiger partial charge in [-0.3, -0.25) is 19.6 Å². The molecular formula is C23H30N4O2. The van der Waals surface area contributed by atoms with Crippen LogP contribution in [0.15, 0.2) is 48.8 Å². The van der Waals surface area contributed by atoms with Crippen LogP contribution in [0.1, 0.15) is 24.0 Å². The van der Waals surface area contributed by atoms with Crippen molar-refractivity contribution in [2.24, 2.45) is 5.92 Å². The molecule has 6 nitrogen and oxygen atoms in total. The van der Waals surface area contributed by atoms with Crippen LogP contribution in [0.25, 0.3) is 0 Å². The molecule has 4 rings (SSSR count). The lowest BCUT2D eigenvalue weighted by Crippen LogP contribution is -2.51. The third-order valence-corrected chi connectivity index (χ3v) is 6.09. The average molecular weight is 395 g/mol. The Morgan fingerprint density at radius 1 is 0.897 bits per heavy atom. The van der Waals surface area contributed by atoms with Gasteiger partial charge in [0.15, 0.2) is 0 Å². The molecule has 29 heavy (non-hydrogen) atoms. The number of benzene rings is 1. The number of piperazine rings is 1. The lowest BCUT2D eigenvalue weighted by molar-refractivity contribution is -0.139. The Morgan fingerprint density at radius 2 is 1.55 bits per heavy atom. The van der Waals surface area contributed by atoms with Crippen molar-refractivity contribution >= 4 is 5.91 Å². The predicted octanol–water partition coefficient (Wildman–Crippen LogP) is 2.34. The normalized spacial score (nSPS) is 19.4. The maximum absolute atomic E-state index is 13.0. The van der Waals surface area contributed by atoms with Crippen molar-refractivity contribution in [3.8, 4) is 5.75 Å². The van der Waals surface area contributed by atoms with Gasteiger partial charge in [-0.2, -0.15) is 0 Å². The number of carbonyl (C=O) groups excluding carboxylic acids is 1. The number of nitrogens with zero attached hydrogens (tertiary/aromatic N) is 4. The third kappa shape index (κ3) is 5.34. The van der Waals surface area contributed by atoms with Gasteiger partial charge in [0.1, 0.15) is 5.75 Å². The van der Waals surface area contributed by atoms with E-state index in [9.17, 15) is 9.90 Å². The van der Waals surface area contributed by atoms with Crippen molar-refractivity contribution in [1.29, 1.82) is 0 Å². The number of amides is 1. The molecule has 1 N–H and O–H groups in total. The molecule has 2 aromatic rings. The summed E-state index contributed by atoms with van der Waals surface area (Å²) in [7, 11) is 0. The number of aromatic hydroxyl groups is 1. The minimum atomic E-state index is 0.168. The van der Waals surface area contributed by atoms with Crippen molar-refractivity contribution in [1.82, 2.24) is 19.7 Å². The number of carbonyl (C=O) groups is 1. The molecule has 0 unspecified atom stereocenters. The second-order valence-corrected chi connectivity index (χ2v) is 8.18. The molecule has 1 amide bonds. The minimum absolute atomic E-state index is 0.168. The average Bonchev–Trinajstić information content (AvgIpc) is 2.75. The van der Waals surface area contributed by atoms with E-state index in [1.54, 1.807) is 6.07 Å². The van der Waals surface area contributed by atoms with E-state index >= 15 is 0 Å². The maximum atomic E-state index is 13.0. The maximum Gasteiger partial charge on any atom is 0.225 e. The van der Waals surface area contributed by atoms with E-state index < -0.39 is 0 Å². The van der Waals surface area contributed by atoms with Gasteiger partial charge < -0.3 is 10.0 Å². The zero-order chi connectivity index (χ0) is 20.1. The van der Waals surface area contributed by atoms with E-state index in [2.05, 4.69) is 31.8 Å². The number of piperidine rings is 1. The van der Waals surface area contributed by atoms with Crippen LogP contribution in [-0.2, 0) is 17.9 Å². The number of phenols is 1. The van der Waals surface area contributed by atoms with Gasteiger partial charge in [0.05, 0.1) is 0 Å². The van der Waals surface area contributed by atoms with E-state index in [-0.39, 0.29) is 5.92 Å². The number of likely N-dealkylation sites (tertiary alicyclic amines) is 1. The Balaban J connectivity index is 1.21. The van der Waals surface area contributed by atoms with E-state index in [1.165, 1.54) is 5.56 Å². The molecule has 0 spiro atoms. The summed E-state index contributed by atoms with van der Waals surface area (Å²) >= 11 is 0. The molecule has 2 aliphatic heterocycles. The highest BCUT2D eigenvalue weighted by atomic mass is 16.3. The number of aromatic nitrogens is 1. The Morgan fingerprint density at radius 3 is 2.24 bits per heavy atom. The van der Waals surface area contributed by atoms with Gasteiger partial charge >= 0.3 is 0 Å². The fraction of sp³-hybridized carbons (Fsp3) is 0.478. The molecular weight excluding hydrogens is 364 g/mol. The van der Waals surface area contributed by atoms with Gasteiger partial charge in [0.25, 0.3) is 0 Å². The molecule has 3 heterocycles. The van der Waals surface area contributed by atoms with Gasteiger partial charge in [0.2, 0.25) is 5.91 Å². The van der Waals surface area contributed by atoms with Crippen LogP contribution in [0, 0.1) is 5.92 Å². The standard InChI is InChI=1S/C23H30N4O2/c28-22-3-1-2-20(16-22)18-26-12-14-27(15-13-26)23(29)21-6-10-25(11-7-21)17-19-4-8-24-9-5-19/h1-5,8-9,16,21,28H,6-7,10-15,17-18H2. The SMILES string of the molecule is O=C(C1CCN(Cc2ccncc2)CC1)N1CCN(Cc2cccc(O)c2)CC1. The highest BCUT2D eigenvalue weighted by molar-refractivity contribution is 5.79. The van der Waals surface area contributed by atoms with E-state index in [1.807, 2.05) is 30.6 Å². The van der Waals surface area contributed by atoms with Crippen LogP contribution in [-0.4, -0.2) is 70.0 Å². The second-order valence-electron chi connectivity index (χ2n) is 8.18. The smallest absolute Gasteiger partial charge is 0.225 e. The van der Waals surface area contributed by atoms with Crippen molar-refractivity contribution in [3.63, 3.8) is 0 Å². The number of hydrogen-bond acceptors (Lipinski definition) is 5. The summed E-state index contributed by atoms with van der Waals surface area (Å²) in [4.78, 5) is 23.9. The molecule has 2 fully saturated rings. The summed E-state index contributed by atoms with van der Waals surface area (Å²) in [5.74, 6) is 0.818. The van der Waals surface area contributed by atoms with Crippen LogP contribution in [0.2, 0.25) is 0 Å². The number of rotatable bonds is 5. The Kier molecular flexibility index (Phi) is 6.42. The second kappa shape index (κ2) is 9.37. The first-order chi connectivity index (χ1) is 14.2. The Hall–Kier alpha value is -2.44. The van der Waals surface area contributed by atoms with Gasteiger partial charge in [-0.15, -0.1) is 0 Å². The first-order valence-corrected chi connectivity index (χ1v) is 10.6. The summed E-state index contributed by atoms with van der Waals surface area (Å²) in [5, 5.41) is 9.63.